The topological polar surface area (TPSA) is 30.0 Å². The molecule has 0 spiro atoms. The zero-order chi connectivity index (χ0) is 14.7. The third kappa shape index (κ3) is 3.39. The predicted octanol–water partition coefficient (Wildman–Crippen LogP) is 0.800. The summed E-state index contributed by atoms with van der Waals surface area (Å²) in [5, 5.41) is 0. The molecule has 1 heterocycles. The van der Waals surface area contributed by atoms with E-state index in [2.05, 4.69) is 4.98 Å². The first-order chi connectivity index (χ1) is 9.49. The van der Waals surface area contributed by atoms with Crippen LogP contribution in [0.4, 0.5) is 8.78 Å². The number of hydrogen-bond acceptors (Lipinski definition) is 2. The zero-order valence-electron chi connectivity index (χ0n) is 11.0. The first-order valence-electron chi connectivity index (χ1n) is 5.97. The minimum atomic E-state index is -2.56. The predicted molar refractivity (Wildman–Crippen MR) is 68.7 cm³/mol. The number of aromatic nitrogens is 1. The Bertz CT molecular complexity index is 629. The number of benzene rings is 1. The molecule has 0 aliphatic rings. The number of hydrogen-bond donors (Lipinski definition) is 0. The summed E-state index contributed by atoms with van der Waals surface area (Å²) in [6.07, 6.45) is 0.605. The van der Waals surface area contributed by atoms with E-state index >= 15 is 0 Å². The average Bonchev–Trinajstić information content (AvgIpc) is 2.38. The number of alkyl halides is 2. The van der Waals surface area contributed by atoms with E-state index in [1.165, 1.54) is 13.0 Å². The van der Waals surface area contributed by atoms with Gasteiger partial charge in [0, 0.05) is 0 Å². The van der Waals surface area contributed by atoms with Crippen molar-refractivity contribution in [3.63, 3.8) is 0 Å². The van der Waals surface area contributed by atoms with E-state index in [0.717, 1.165) is 14.7 Å². The third-order valence-corrected chi connectivity index (χ3v) is 4.78. The van der Waals surface area contributed by atoms with Gasteiger partial charge in [-0.2, -0.15) is 0 Å². The van der Waals surface area contributed by atoms with Crippen LogP contribution in [0.25, 0.3) is 11.1 Å². The maximum atomic E-state index is 13.3. The van der Waals surface area contributed by atoms with E-state index in [1.54, 1.807) is 31.5 Å². The fourth-order valence-corrected chi connectivity index (χ4v) is 4.05. The molecule has 0 N–H and O–H groups in total. The molecular formula is C15H13F2INO-. The Kier molecular flexibility index (Phi) is 4.80. The molecule has 0 radical (unpaired) electrons. The van der Waals surface area contributed by atoms with Crippen molar-refractivity contribution in [3.05, 3.63) is 51.4 Å². The van der Waals surface area contributed by atoms with Gasteiger partial charge in [-0.1, -0.05) is 0 Å². The Morgan fingerprint density at radius 3 is 2.45 bits per heavy atom. The molecule has 0 amide bonds. The van der Waals surface area contributed by atoms with Gasteiger partial charge in [-0.15, -0.1) is 0 Å². The summed E-state index contributed by atoms with van der Waals surface area (Å²) in [4.78, 5) is 15.1. The molecule has 2 aromatic rings. The van der Waals surface area contributed by atoms with Gasteiger partial charge in [0.1, 0.15) is 0 Å². The molecule has 0 aliphatic heterocycles. The Hall–Kier alpha value is -1.37. The molecule has 1 aromatic heterocycles. The standard InChI is InChI=1S/C15H13F2INO/c1-9-7-12(18-10(2)20)8-13(15(16)17)14(9)11-3-5-19-6-4-11/h3-8,15H,1-2H3/q-1. The monoisotopic (exact) mass is 388 g/mol. The van der Waals surface area contributed by atoms with Crippen molar-refractivity contribution < 1.29 is 34.8 Å². The summed E-state index contributed by atoms with van der Waals surface area (Å²) in [6.45, 7) is 3.30. The van der Waals surface area contributed by atoms with E-state index < -0.39 is 27.6 Å². The van der Waals surface area contributed by atoms with Crippen LogP contribution in [0.5, 0.6) is 0 Å². The van der Waals surface area contributed by atoms with Crippen LogP contribution in [0.2, 0.25) is 0 Å². The van der Waals surface area contributed by atoms with Crippen LogP contribution in [0, 0.1) is 10.5 Å². The molecule has 0 unspecified atom stereocenters. The van der Waals surface area contributed by atoms with Crippen LogP contribution in [0.15, 0.2) is 36.7 Å². The zero-order valence-corrected chi connectivity index (χ0v) is 13.2. The fraction of sp³-hybridized carbons (Fsp3) is 0.200. The molecule has 106 valence electrons. The van der Waals surface area contributed by atoms with Crippen molar-refractivity contribution in [3.8, 4) is 11.1 Å². The number of pyridine rings is 1. The van der Waals surface area contributed by atoms with Gasteiger partial charge in [-0.25, -0.2) is 0 Å². The van der Waals surface area contributed by atoms with Crippen LogP contribution < -0.4 is 21.2 Å². The van der Waals surface area contributed by atoms with E-state index in [1.807, 2.05) is 6.07 Å². The van der Waals surface area contributed by atoms with Gasteiger partial charge >= 0.3 is 126 Å². The van der Waals surface area contributed by atoms with Crippen molar-refractivity contribution in [2.45, 2.75) is 20.3 Å². The summed E-state index contributed by atoms with van der Waals surface area (Å²) in [6, 6.07) is 6.75. The molecule has 0 bridgehead atoms. The van der Waals surface area contributed by atoms with E-state index in [-0.39, 0.29) is 9.35 Å². The first kappa shape index (κ1) is 15.0. The van der Waals surface area contributed by atoms with Crippen LogP contribution in [-0.4, -0.2) is 8.77 Å². The fourth-order valence-electron chi connectivity index (χ4n) is 2.06. The van der Waals surface area contributed by atoms with Crippen molar-refractivity contribution in [1.29, 1.82) is 0 Å². The van der Waals surface area contributed by atoms with Gasteiger partial charge in [0.15, 0.2) is 0 Å². The second-order valence-electron chi connectivity index (χ2n) is 4.29. The Morgan fingerprint density at radius 2 is 1.90 bits per heavy atom. The van der Waals surface area contributed by atoms with Gasteiger partial charge in [-0.3, -0.25) is 0 Å². The SMILES string of the molecule is CC(=O)[I-]c1cc(C)c(-c2ccncc2)c(C(F)F)c1. The Labute approximate surface area is 126 Å². The molecule has 1 aromatic carbocycles. The number of nitrogens with zero attached hydrogens (tertiary/aromatic N) is 1. The molecule has 0 fully saturated rings. The number of carbonyl (C=O) groups excluding carboxylic acids is 1. The van der Waals surface area contributed by atoms with Gasteiger partial charge < -0.3 is 0 Å². The number of halogens is 3. The normalized spacial score (nSPS) is 11.1. The molecule has 0 atom stereocenters. The van der Waals surface area contributed by atoms with Gasteiger partial charge in [0.25, 0.3) is 0 Å². The number of rotatable bonds is 4. The molecule has 2 nitrogen and oxygen atoms in total. The van der Waals surface area contributed by atoms with E-state index in [9.17, 15) is 13.6 Å². The summed E-state index contributed by atoms with van der Waals surface area (Å²) in [5.74, 6) is 0. The first-order valence-corrected chi connectivity index (χ1v) is 8.13. The molecule has 5 heteroatoms. The summed E-state index contributed by atoms with van der Waals surface area (Å²) in [5.41, 5.74) is 2.02. The average molecular weight is 388 g/mol. The summed E-state index contributed by atoms with van der Waals surface area (Å²) >= 11 is -0.859. The van der Waals surface area contributed by atoms with Gasteiger partial charge in [0.05, 0.1) is 0 Å². The van der Waals surface area contributed by atoms with Crippen LogP contribution in [0.1, 0.15) is 24.5 Å². The Balaban J connectivity index is 2.59. The maximum absolute atomic E-state index is 13.3. The third-order valence-electron chi connectivity index (χ3n) is 2.78. The second-order valence-corrected chi connectivity index (χ2v) is 7.59. The van der Waals surface area contributed by atoms with Gasteiger partial charge in [0.2, 0.25) is 0 Å². The summed E-state index contributed by atoms with van der Waals surface area (Å²) < 4.78 is 27.5. The summed E-state index contributed by atoms with van der Waals surface area (Å²) in [7, 11) is 0. The number of aryl methyl sites for hydroxylation is 1. The van der Waals surface area contributed by atoms with Crippen LogP contribution in [-0.2, 0) is 4.79 Å². The quantitative estimate of drug-likeness (QED) is 0.573. The van der Waals surface area contributed by atoms with Gasteiger partial charge in [-0.05, 0) is 0 Å². The van der Waals surface area contributed by atoms with Crippen LogP contribution in [0.3, 0.4) is 0 Å². The molecule has 20 heavy (non-hydrogen) atoms. The van der Waals surface area contributed by atoms with E-state index in [0.29, 0.717) is 5.56 Å². The van der Waals surface area contributed by atoms with Crippen LogP contribution >= 0.6 is 0 Å². The van der Waals surface area contributed by atoms with Crippen molar-refractivity contribution in [1.82, 2.24) is 4.98 Å². The molecule has 0 saturated heterocycles. The van der Waals surface area contributed by atoms with E-state index in [4.69, 9.17) is 0 Å². The molecular weight excluding hydrogens is 375 g/mol. The van der Waals surface area contributed by atoms with Crippen molar-refractivity contribution in [2.75, 3.05) is 0 Å². The minimum absolute atomic E-state index is 0.00727. The number of carbonyl (C=O) groups is 1. The second kappa shape index (κ2) is 6.39. The molecule has 0 aliphatic carbocycles. The Morgan fingerprint density at radius 1 is 1.25 bits per heavy atom. The molecule has 0 saturated carbocycles. The van der Waals surface area contributed by atoms with Crippen molar-refractivity contribution in [2.24, 2.45) is 0 Å². The molecule has 2 rings (SSSR count). The van der Waals surface area contributed by atoms with Crippen molar-refractivity contribution >= 4 is 3.79 Å².